The standard InChI is InChI=1S/C31H49N3O2/c1-24(2)16-18-32-30(22-26(5)6)31(35)33-19-21-34(20-17-25(3)4)28-12-14-29(15-13-28)36-23-27-10-8-7-9-11-27/h7-15,24-26,30,32H,16-23H2,1-6H3,(H,33,35). The lowest BCUT2D eigenvalue weighted by atomic mass is 10.0. The Morgan fingerprint density at radius 1 is 0.806 bits per heavy atom. The largest absolute Gasteiger partial charge is 0.489 e. The molecule has 5 nitrogen and oxygen atoms in total. The van der Waals surface area contributed by atoms with Gasteiger partial charge < -0.3 is 20.3 Å². The maximum absolute atomic E-state index is 13.0. The molecule has 200 valence electrons. The highest BCUT2D eigenvalue weighted by Gasteiger charge is 2.19. The molecular weight excluding hydrogens is 446 g/mol. The van der Waals surface area contributed by atoms with Gasteiger partial charge in [-0.2, -0.15) is 0 Å². The molecular formula is C31H49N3O2. The number of amides is 1. The number of hydrogen-bond donors (Lipinski definition) is 2. The molecule has 0 aliphatic carbocycles. The smallest absolute Gasteiger partial charge is 0.237 e. The zero-order valence-corrected chi connectivity index (χ0v) is 23.4. The SMILES string of the molecule is CC(C)CCNC(CC(C)C)C(=O)NCCN(CCC(C)C)c1ccc(OCc2ccccc2)cc1. The number of anilines is 1. The molecule has 1 amide bonds. The summed E-state index contributed by atoms with van der Waals surface area (Å²) >= 11 is 0. The van der Waals surface area contributed by atoms with Gasteiger partial charge in [0.15, 0.2) is 0 Å². The fourth-order valence-electron chi connectivity index (χ4n) is 4.02. The number of nitrogens with zero attached hydrogens (tertiary/aromatic N) is 1. The van der Waals surface area contributed by atoms with Crippen molar-refractivity contribution in [2.45, 2.75) is 73.5 Å². The Balaban J connectivity index is 1.93. The molecule has 2 aromatic carbocycles. The molecule has 2 aromatic rings. The van der Waals surface area contributed by atoms with Crippen molar-refractivity contribution in [2.24, 2.45) is 17.8 Å². The molecule has 0 aliphatic heterocycles. The van der Waals surface area contributed by atoms with Gasteiger partial charge in [-0.3, -0.25) is 4.79 Å². The lowest BCUT2D eigenvalue weighted by Gasteiger charge is -2.27. The van der Waals surface area contributed by atoms with Crippen LogP contribution in [0.25, 0.3) is 0 Å². The van der Waals surface area contributed by atoms with Gasteiger partial charge in [0.25, 0.3) is 0 Å². The third kappa shape index (κ3) is 11.9. The fourth-order valence-corrected chi connectivity index (χ4v) is 4.02. The Kier molecular flexibility index (Phi) is 13.4. The van der Waals surface area contributed by atoms with Gasteiger partial charge in [-0.15, -0.1) is 0 Å². The Labute approximate surface area is 220 Å². The van der Waals surface area contributed by atoms with Crippen LogP contribution in [0.4, 0.5) is 5.69 Å². The van der Waals surface area contributed by atoms with E-state index in [0.29, 0.717) is 30.9 Å². The van der Waals surface area contributed by atoms with E-state index in [9.17, 15) is 4.79 Å². The van der Waals surface area contributed by atoms with Crippen LogP contribution in [-0.4, -0.2) is 38.1 Å². The van der Waals surface area contributed by atoms with Crippen molar-refractivity contribution in [3.05, 3.63) is 60.2 Å². The zero-order valence-electron chi connectivity index (χ0n) is 23.4. The lowest BCUT2D eigenvalue weighted by molar-refractivity contribution is -0.123. The van der Waals surface area contributed by atoms with Crippen molar-refractivity contribution in [2.75, 3.05) is 31.1 Å². The maximum atomic E-state index is 13.0. The molecule has 2 rings (SSSR count). The van der Waals surface area contributed by atoms with Crippen molar-refractivity contribution in [1.29, 1.82) is 0 Å². The van der Waals surface area contributed by atoms with Gasteiger partial charge in [-0.25, -0.2) is 0 Å². The summed E-state index contributed by atoms with van der Waals surface area (Å²) < 4.78 is 5.96. The van der Waals surface area contributed by atoms with E-state index < -0.39 is 0 Å². The summed E-state index contributed by atoms with van der Waals surface area (Å²) in [6.45, 7) is 17.1. The molecule has 36 heavy (non-hydrogen) atoms. The van der Waals surface area contributed by atoms with Crippen molar-refractivity contribution >= 4 is 11.6 Å². The molecule has 0 fully saturated rings. The van der Waals surface area contributed by atoms with Crippen molar-refractivity contribution < 1.29 is 9.53 Å². The number of rotatable bonds is 17. The van der Waals surface area contributed by atoms with E-state index in [1.807, 2.05) is 30.3 Å². The van der Waals surface area contributed by atoms with Gasteiger partial charge in [0.1, 0.15) is 12.4 Å². The molecule has 1 atom stereocenters. The van der Waals surface area contributed by atoms with Crippen molar-refractivity contribution in [1.82, 2.24) is 10.6 Å². The third-order valence-corrected chi connectivity index (χ3v) is 6.24. The number of hydrogen-bond acceptors (Lipinski definition) is 4. The van der Waals surface area contributed by atoms with Crippen LogP contribution < -0.4 is 20.3 Å². The minimum Gasteiger partial charge on any atom is -0.489 e. The predicted octanol–water partition coefficient (Wildman–Crippen LogP) is 6.28. The van der Waals surface area contributed by atoms with Gasteiger partial charge in [0.05, 0.1) is 6.04 Å². The van der Waals surface area contributed by atoms with Crippen LogP contribution in [0.2, 0.25) is 0 Å². The first-order valence-corrected chi connectivity index (χ1v) is 13.8. The first kappa shape index (κ1) is 29.7. The summed E-state index contributed by atoms with van der Waals surface area (Å²) in [4.78, 5) is 15.3. The van der Waals surface area contributed by atoms with Crippen molar-refractivity contribution in [3.8, 4) is 5.75 Å². The molecule has 0 bridgehead atoms. The maximum Gasteiger partial charge on any atom is 0.237 e. The first-order valence-electron chi connectivity index (χ1n) is 13.8. The van der Waals surface area contributed by atoms with Crippen LogP contribution in [0.5, 0.6) is 5.75 Å². The molecule has 0 saturated heterocycles. The molecule has 0 heterocycles. The molecule has 1 unspecified atom stereocenters. The fraction of sp³-hybridized carbons (Fsp3) is 0.581. The van der Waals surface area contributed by atoms with Crippen LogP contribution in [0.1, 0.15) is 66.4 Å². The Bertz CT molecular complexity index is 850. The lowest BCUT2D eigenvalue weighted by Crippen LogP contribution is -2.47. The van der Waals surface area contributed by atoms with Gasteiger partial charge in [0.2, 0.25) is 5.91 Å². The van der Waals surface area contributed by atoms with E-state index in [1.54, 1.807) is 0 Å². The quantitative estimate of drug-likeness (QED) is 0.271. The number of carbonyl (C=O) groups excluding carboxylic acids is 1. The van der Waals surface area contributed by atoms with Crippen molar-refractivity contribution in [3.63, 3.8) is 0 Å². The number of benzene rings is 2. The molecule has 0 spiro atoms. The molecule has 0 aromatic heterocycles. The van der Waals surface area contributed by atoms with Crippen LogP contribution in [-0.2, 0) is 11.4 Å². The van der Waals surface area contributed by atoms with E-state index in [0.717, 1.165) is 55.9 Å². The van der Waals surface area contributed by atoms with E-state index >= 15 is 0 Å². The minimum absolute atomic E-state index is 0.112. The molecule has 0 radical (unpaired) electrons. The summed E-state index contributed by atoms with van der Waals surface area (Å²) in [5, 5.41) is 6.68. The number of nitrogens with one attached hydrogen (secondary N) is 2. The van der Waals surface area contributed by atoms with Gasteiger partial charge in [0, 0.05) is 25.3 Å². The minimum atomic E-state index is -0.131. The van der Waals surface area contributed by atoms with Gasteiger partial charge in [-0.05, 0) is 73.4 Å². The van der Waals surface area contributed by atoms with Crippen LogP contribution in [0, 0.1) is 17.8 Å². The van der Waals surface area contributed by atoms with E-state index in [2.05, 4.69) is 81.3 Å². The van der Waals surface area contributed by atoms with E-state index in [-0.39, 0.29) is 11.9 Å². The average molecular weight is 496 g/mol. The summed E-state index contributed by atoms with van der Waals surface area (Å²) in [6, 6.07) is 18.4. The van der Waals surface area contributed by atoms with Gasteiger partial charge in [-0.1, -0.05) is 71.9 Å². The highest BCUT2D eigenvalue weighted by Crippen LogP contribution is 2.21. The molecule has 2 N–H and O–H groups in total. The highest BCUT2D eigenvalue weighted by molar-refractivity contribution is 5.81. The Morgan fingerprint density at radius 2 is 1.47 bits per heavy atom. The Morgan fingerprint density at radius 3 is 2.08 bits per heavy atom. The molecule has 0 saturated carbocycles. The topological polar surface area (TPSA) is 53.6 Å². The second-order valence-electron chi connectivity index (χ2n) is 11.0. The van der Waals surface area contributed by atoms with E-state index in [1.165, 1.54) is 0 Å². The van der Waals surface area contributed by atoms with Gasteiger partial charge >= 0.3 is 0 Å². The second-order valence-corrected chi connectivity index (χ2v) is 11.0. The zero-order chi connectivity index (χ0) is 26.3. The predicted molar refractivity (Wildman–Crippen MR) is 153 cm³/mol. The second kappa shape index (κ2) is 16.3. The summed E-state index contributed by atoms with van der Waals surface area (Å²) in [7, 11) is 0. The highest BCUT2D eigenvalue weighted by atomic mass is 16.5. The summed E-state index contributed by atoms with van der Waals surface area (Å²) in [5.74, 6) is 2.70. The molecule has 0 aliphatic rings. The Hall–Kier alpha value is -2.53. The monoisotopic (exact) mass is 495 g/mol. The first-order chi connectivity index (χ1) is 17.2. The van der Waals surface area contributed by atoms with Crippen LogP contribution >= 0.6 is 0 Å². The summed E-state index contributed by atoms with van der Waals surface area (Å²) in [5.41, 5.74) is 2.32. The van der Waals surface area contributed by atoms with E-state index in [4.69, 9.17) is 4.74 Å². The van der Waals surface area contributed by atoms with Crippen LogP contribution in [0.15, 0.2) is 54.6 Å². The average Bonchev–Trinajstić information content (AvgIpc) is 2.84. The third-order valence-electron chi connectivity index (χ3n) is 6.24. The molecule has 5 heteroatoms. The normalized spacial score (nSPS) is 12.2. The summed E-state index contributed by atoms with van der Waals surface area (Å²) in [6.07, 6.45) is 3.04. The number of carbonyl (C=O) groups is 1. The number of ether oxygens (including phenoxy) is 1. The van der Waals surface area contributed by atoms with Crippen LogP contribution in [0.3, 0.4) is 0 Å².